The van der Waals surface area contributed by atoms with Crippen LogP contribution in [0.1, 0.15) is 86.3 Å². The highest BCUT2D eigenvalue weighted by molar-refractivity contribution is 5.98. The van der Waals surface area contributed by atoms with Crippen LogP contribution >= 0.6 is 0 Å². The monoisotopic (exact) mass is 811 g/mol. The lowest BCUT2D eigenvalue weighted by molar-refractivity contribution is -0.149. The summed E-state index contributed by atoms with van der Waals surface area (Å²) in [5.41, 5.74) is 1.24. The van der Waals surface area contributed by atoms with Gasteiger partial charge in [-0.25, -0.2) is 0 Å². The zero-order valence-electron chi connectivity index (χ0n) is 36.2. The van der Waals surface area contributed by atoms with Gasteiger partial charge >= 0.3 is 0 Å². The minimum absolute atomic E-state index is 0.0300. The zero-order valence-corrected chi connectivity index (χ0v) is 36.2. The van der Waals surface area contributed by atoms with E-state index < -0.39 is 101 Å². The first-order valence-electron chi connectivity index (χ1n) is 20.2. The van der Waals surface area contributed by atoms with Crippen LogP contribution in [0.2, 0.25) is 0 Å². The van der Waals surface area contributed by atoms with E-state index in [9.17, 15) is 33.6 Å². The molecule has 1 saturated heterocycles. The number of nitrogens with zero attached hydrogens (tertiary/aromatic N) is 3. The average molecular weight is 812 g/mol. The third-order valence-electron chi connectivity index (χ3n) is 11.1. The van der Waals surface area contributed by atoms with Gasteiger partial charge in [0.15, 0.2) is 0 Å². The molecule has 4 N–H and O–H groups in total. The Morgan fingerprint density at radius 2 is 1.03 bits per heavy atom. The van der Waals surface area contributed by atoms with Crippen molar-refractivity contribution >= 4 is 41.4 Å². The highest BCUT2D eigenvalue weighted by Crippen LogP contribution is 2.19. The molecule has 1 aliphatic heterocycles. The third-order valence-corrected chi connectivity index (χ3v) is 11.1. The van der Waals surface area contributed by atoms with Crippen LogP contribution in [0.25, 0.3) is 0 Å². The molecule has 1 fully saturated rings. The lowest BCUT2D eigenvalue weighted by Crippen LogP contribution is -2.62. The van der Waals surface area contributed by atoms with E-state index in [0.29, 0.717) is 17.5 Å². The first-order valence-corrected chi connectivity index (χ1v) is 20.2. The maximum atomic E-state index is 14.4. The molecule has 0 aromatic carbocycles. The Balaban J connectivity index is 2.21. The molecule has 2 aromatic rings. The predicted molar refractivity (Wildman–Crippen MR) is 216 cm³/mol. The zero-order chi connectivity index (χ0) is 43.6. The lowest BCUT2D eigenvalue weighted by atomic mass is 9.95. The van der Waals surface area contributed by atoms with Crippen molar-refractivity contribution in [1.82, 2.24) is 36.0 Å². The van der Waals surface area contributed by atoms with Crippen molar-refractivity contribution in [2.24, 2.45) is 23.7 Å². The number of amides is 7. The summed E-state index contributed by atoms with van der Waals surface area (Å²) in [6, 6.07) is -4.46. The second-order valence-electron chi connectivity index (χ2n) is 16.7. The molecule has 0 spiro atoms. The Morgan fingerprint density at radius 3 is 1.48 bits per heavy atom. The summed E-state index contributed by atoms with van der Waals surface area (Å²) in [6.07, 6.45) is 6.58. The minimum atomic E-state index is -1.15. The maximum Gasteiger partial charge on any atom is 0.245 e. The van der Waals surface area contributed by atoms with E-state index in [1.807, 2.05) is 20.8 Å². The van der Waals surface area contributed by atoms with Crippen molar-refractivity contribution < 1.29 is 42.4 Å². The van der Waals surface area contributed by atoms with E-state index in [4.69, 9.17) is 8.83 Å². The number of carbonyl (C=O) groups excluding carboxylic acids is 7. The standard InChI is InChI=1S/C42H65N7O9/c1-13-26(8)35-39(53)44-33(24(4)5)38(52)45-34(25(6)7)42(56)49(12)31(19-28-14-16-57-21-28)36(50)43-30(18-23(2)3)41(55)47(10)27(9)40(54)48(11)32(37(51)46-35)20-29-15-17-58-22-29/h14-17,21-27,30-35H,13,18-20H2,1-12H3,(H,43,50)(H,44,53)(H,45,52)(H,46,51)/t26-,27-,30-,31-,32+,33+,34?,35+/m0/s1. The molecule has 3 rings (SSSR count). The van der Waals surface area contributed by atoms with Crippen LogP contribution < -0.4 is 21.3 Å². The van der Waals surface area contributed by atoms with Gasteiger partial charge in [-0.05, 0) is 60.3 Å². The molecular formula is C42H65N7O9. The number of nitrogens with one attached hydrogen (secondary N) is 4. The molecular weight excluding hydrogens is 747 g/mol. The summed E-state index contributed by atoms with van der Waals surface area (Å²) in [6.45, 7) is 16.0. The molecule has 0 aliphatic carbocycles. The predicted octanol–water partition coefficient (Wildman–Crippen LogP) is 2.52. The minimum Gasteiger partial charge on any atom is -0.472 e. The Hall–Kier alpha value is -5.15. The van der Waals surface area contributed by atoms with Gasteiger partial charge in [0.05, 0.1) is 25.1 Å². The number of carbonyl (C=O) groups is 7. The Bertz CT molecular complexity index is 1710. The van der Waals surface area contributed by atoms with Crippen molar-refractivity contribution in [1.29, 1.82) is 0 Å². The van der Waals surface area contributed by atoms with Gasteiger partial charge < -0.3 is 44.8 Å². The molecule has 8 atom stereocenters. The molecule has 16 heteroatoms. The Labute approximate surface area is 342 Å². The topological polar surface area (TPSA) is 204 Å². The normalized spacial score (nSPS) is 26.1. The van der Waals surface area contributed by atoms with Gasteiger partial charge in [-0.15, -0.1) is 0 Å². The van der Waals surface area contributed by atoms with Gasteiger partial charge in [0.25, 0.3) is 0 Å². The largest absolute Gasteiger partial charge is 0.472 e. The summed E-state index contributed by atoms with van der Waals surface area (Å²) in [5.74, 6) is -5.51. The van der Waals surface area contributed by atoms with Crippen LogP contribution in [0.4, 0.5) is 0 Å². The molecule has 1 aliphatic rings. The maximum absolute atomic E-state index is 14.4. The molecule has 3 heterocycles. The van der Waals surface area contributed by atoms with Gasteiger partial charge in [0.2, 0.25) is 41.4 Å². The van der Waals surface area contributed by atoms with E-state index in [2.05, 4.69) is 21.3 Å². The van der Waals surface area contributed by atoms with Gasteiger partial charge in [-0.3, -0.25) is 33.6 Å². The molecule has 322 valence electrons. The molecule has 7 amide bonds. The van der Waals surface area contributed by atoms with Crippen molar-refractivity contribution in [3.8, 4) is 0 Å². The van der Waals surface area contributed by atoms with E-state index in [-0.39, 0.29) is 25.2 Å². The number of furan rings is 2. The van der Waals surface area contributed by atoms with Crippen molar-refractivity contribution in [3.05, 3.63) is 48.3 Å². The molecule has 16 nitrogen and oxygen atoms in total. The number of likely N-dealkylation sites (N-methyl/N-ethyl adjacent to an activating group) is 3. The fraction of sp³-hybridized carbons (Fsp3) is 0.643. The lowest BCUT2D eigenvalue weighted by Gasteiger charge is -2.36. The number of hydrogen-bond acceptors (Lipinski definition) is 9. The fourth-order valence-electron chi connectivity index (χ4n) is 6.95. The highest BCUT2D eigenvalue weighted by Gasteiger charge is 2.41. The SMILES string of the molecule is CC[C@H](C)[C@H]1NC(=O)[C@@H](Cc2ccoc2)N(C)C(=O)[C@H](C)N(C)C(=O)[C@H](CC(C)C)NC(=O)[C@H](Cc2ccoc2)N(C)C(=O)C(C(C)C)NC(=O)[C@@H](C(C)C)NC1=O. The second kappa shape index (κ2) is 21.0. The number of hydrogen-bond donors (Lipinski definition) is 4. The van der Waals surface area contributed by atoms with Crippen LogP contribution in [0, 0.1) is 23.7 Å². The van der Waals surface area contributed by atoms with Crippen LogP contribution in [0.3, 0.4) is 0 Å². The van der Waals surface area contributed by atoms with E-state index in [1.54, 1.807) is 53.7 Å². The van der Waals surface area contributed by atoms with Gasteiger partial charge in [-0.2, -0.15) is 0 Å². The van der Waals surface area contributed by atoms with Crippen LogP contribution in [-0.4, -0.2) is 119 Å². The van der Waals surface area contributed by atoms with Crippen molar-refractivity contribution in [3.63, 3.8) is 0 Å². The summed E-state index contributed by atoms with van der Waals surface area (Å²) in [5, 5.41) is 11.4. The first-order chi connectivity index (χ1) is 27.2. The van der Waals surface area contributed by atoms with Crippen LogP contribution in [0.15, 0.2) is 46.0 Å². The third kappa shape index (κ3) is 11.9. The van der Waals surface area contributed by atoms with Crippen LogP contribution in [0.5, 0.6) is 0 Å². The van der Waals surface area contributed by atoms with E-state index >= 15 is 0 Å². The van der Waals surface area contributed by atoms with Gasteiger partial charge in [0.1, 0.15) is 42.3 Å². The van der Waals surface area contributed by atoms with Crippen molar-refractivity contribution in [2.75, 3.05) is 21.1 Å². The molecule has 0 bridgehead atoms. The van der Waals surface area contributed by atoms with Crippen molar-refractivity contribution in [2.45, 2.75) is 130 Å². The molecule has 2 aromatic heterocycles. The summed E-state index contributed by atoms with van der Waals surface area (Å²) < 4.78 is 10.5. The molecule has 0 radical (unpaired) electrons. The fourth-order valence-corrected chi connectivity index (χ4v) is 6.95. The summed E-state index contributed by atoms with van der Waals surface area (Å²) in [7, 11) is 4.38. The average Bonchev–Trinajstić information content (AvgIpc) is 3.90. The summed E-state index contributed by atoms with van der Waals surface area (Å²) in [4.78, 5) is 103. The Kier molecular flexibility index (Phi) is 17.1. The number of rotatable bonds is 10. The quantitative estimate of drug-likeness (QED) is 0.278. The molecule has 58 heavy (non-hydrogen) atoms. The summed E-state index contributed by atoms with van der Waals surface area (Å²) >= 11 is 0. The van der Waals surface area contributed by atoms with E-state index in [1.165, 1.54) is 60.9 Å². The van der Waals surface area contributed by atoms with Crippen LogP contribution in [-0.2, 0) is 46.4 Å². The molecule has 1 unspecified atom stereocenters. The van der Waals surface area contributed by atoms with E-state index in [0.717, 1.165) is 0 Å². The smallest absolute Gasteiger partial charge is 0.245 e. The second-order valence-corrected chi connectivity index (χ2v) is 16.7. The Morgan fingerprint density at radius 1 is 0.586 bits per heavy atom. The first kappa shape index (κ1) is 47.2. The van der Waals surface area contributed by atoms with Gasteiger partial charge in [-0.1, -0.05) is 61.8 Å². The molecule has 0 saturated carbocycles. The van der Waals surface area contributed by atoms with Gasteiger partial charge in [0, 0.05) is 34.0 Å². The highest BCUT2D eigenvalue weighted by atomic mass is 16.3.